The molecule has 0 atom stereocenters. The van der Waals surface area contributed by atoms with Crippen LogP contribution in [-0.2, 0) is 0 Å². The maximum absolute atomic E-state index is 6.36. The number of rotatable bonds is 3. The number of para-hydroxylation sites is 1. The molecule has 5 heteroatoms. The Labute approximate surface area is 255 Å². The highest BCUT2D eigenvalue weighted by Crippen LogP contribution is 2.43. The van der Waals surface area contributed by atoms with Gasteiger partial charge >= 0.3 is 0 Å². The molecule has 0 bridgehead atoms. The quantitative estimate of drug-likeness (QED) is 0.208. The molecule has 0 unspecified atom stereocenters. The normalized spacial score (nSPS) is 12.1. The number of fused-ring (bicyclic) bond motifs is 11. The Kier molecular flexibility index (Phi) is 4.84. The largest absolute Gasteiger partial charge is 0.456 e. The monoisotopic (exact) mass is 582 g/mol. The lowest BCUT2D eigenvalue weighted by Crippen LogP contribution is -2.10. The van der Waals surface area contributed by atoms with Crippen LogP contribution in [0.4, 0.5) is 17.1 Å². The topological polar surface area (TPSA) is 42.4 Å². The predicted octanol–water partition coefficient (Wildman–Crippen LogP) is 11.9. The minimum Gasteiger partial charge on any atom is -0.456 e. The Morgan fingerprint density at radius 3 is 2.14 bits per heavy atom. The van der Waals surface area contributed by atoms with Gasteiger partial charge in [-0.05, 0) is 60.0 Å². The van der Waals surface area contributed by atoms with Gasteiger partial charge in [0.05, 0.1) is 17.3 Å². The van der Waals surface area contributed by atoms with E-state index in [4.69, 9.17) is 13.8 Å². The first-order chi connectivity index (χ1) is 21.8. The van der Waals surface area contributed by atoms with Crippen molar-refractivity contribution in [2.45, 2.75) is 0 Å². The minimum atomic E-state index is 0.635. The van der Waals surface area contributed by atoms with E-state index >= 15 is 0 Å². The fraction of sp³-hybridized carbons (Fsp3) is 0. The van der Waals surface area contributed by atoms with Crippen LogP contribution in [0.25, 0.3) is 75.0 Å². The molecule has 0 radical (unpaired) electrons. The second kappa shape index (κ2) is 8.93. The molecule has 0 saturated heterocycles. The van der Waals surface area contributed by atoms with E-state index in [-0.39, 0.29) is 0 Å². The number of benzene rings is 6. The standard InChI is InChI=1S/C39H22N2O2S/c1-2-8-27-23(7-1)13-16-31-33-20-26(22-40-39(33)43-38(27)31)41(24-15-18-35-32(19-24)28-9-3-5-11-34(28)42-35)25-14-17-30-29-10-4-6-12-36(29)44-37(30)21-25/h1-22H. The second-order valence-corrected chi connectivity index (χ2v) is 12.3. The first-order valence-corrected chi connectivity index (χ1v) is 15.4. The van der Waals surface area contributed by atoms with Crippen LogP contribution < -0.4 is 4.90 Å². The molecule has 44 heavy (non-hydrogen) atoms. The second-order valence-electron chi connectivity index (χ2n) is 11.2. The van der Waals surface area contributed by atoms with Crippen molar-refractivity contribution >= 4 is 103 Å². The van der Waals surface area contributed by atoms with Crippen molar-refractivity contribution in [1.29, 1.82) is 0 Å². The van der Waals surface area contributed by atoms with E-state index in [2.05, 4.69) is 120 Å². The van der Waals surface area contributed by atoms with Crippen LogP contribution in [0.5, 0.6) is 0 Å². The maximum Gasteiger partial charge on any atom is 0.227 e. The number of aromatic nitrogens is 1. The van der Waals surface area contributed by atoms with Crippen LogP contribution in [0.3, 0.4) is 0 Å². The van der Waals surface area contributed by atoms with E-state index in [1.54, 1.807) is 0 Å². The summed E-state index contributed by atoms with van der Waals surface area (Å²) < 4.78 is 15.1. The Bertz CT molecular complexity index is 2750. The number of anilines is 3. The van der Waals surface area contributed by atoms with E-state index in [1.807, 2.05) is 29.7 Å². The molecule has 0 amide bonds. The summed E-state index contributed by atoms with van der Waals surface area (Å²) in [5.74, 6) is 0. The van der Waals surface area contributed by atoms with Gasteiger partial charge in [0.2, 0.25) is 5.71 Å². The van der Waals surface area contributed by atoms with Gasteiger partial charge in [0.25, 0.3) is 0 Å². The molecule has 4 aromatic heterocycles. The summed E-state index contributed by atoms with van der Waals surface area (Å²) in [6.45, 7) is 0. The summed E-state index contributed by atoms with van der Waals surface area (Å²) in [5.41, 5.74) is 6.32. The summed E-state index contributed by atoms with van der Waals surface area (Å²) in [4.78, 5) is 7.16. The average Bonchev–Trinajstić information content (AvgIpc) is 3.75. The molecule has 10 aromatic rings. The van der Waals surface area contributed by atoms with E-state index in [0.29, 0.717) is 5.71 Å². The van der Waals surface area contributed by atoms with Crippen LogP contribution in [0.15, 0.2) is 142 Å². The van der Waals surface area contributed by atoms with Gasteiger partial charge in [-0.2, -0.15) is 0 Å². The molecule has 0 N–H and O–H groups in total. The summed E-state index contributed by atoms with van der Waals surface area (Å²) >= 11 is 1.82. The highest BCUT2D eigenvalue weighted by Gasteiger charge is 2.20. The van der Waals surface area contributed by atoms with Gasteiger partial charge in [-0.25, -0.2) is 4.98 Å². The van der Waals surface area contributed by atoms with Crippen molar-refractivity contribution in [3.05, 3.63) is 134 Å². The molecule has 0 spiro atoms. The smallest absolute Gasteiger partial charge is 0.227 e. The lowest BCUT2D eigenvalue weighted by Gasteiger charge is -2.25. The molecule has 0 aliphatic heterocycles. The van der Waals surface area contributed by atoms with E-state index in [0.717, 1.165) is 66.1 Å². The van der Waals surface area contributed by atoms with Crippen molar-refractivity contribution in [3.8, 4) is 0 Å². The average molecular weight is 583 g/mol. The number of hydrogen-bond donors (Lipinski definition) is 0. The Morgan fingerprint density at radius 1 is 0.477 bits per heavy atom. The molecule has 4 nitrogen and oxygen atoms in total. The van der Waals surface area contributed by atoms with Crippen molar-refractivity contribution < 1.29 is 8.83 Å². The number of furan rings is 2. The van der Waals surface area contributed by atoms with Gasteiger partial charge in [-0.15, -0.1) is 11.3 Å². The summed E-state index contributed by atoms with van der Waals surface area (Å²) in [5, 5.41) is 9.04. The Hall–Kier alpha value is -5.65. The first kappa shape index (κ1) is 23.9. The van der Waals surface area contributed by atoms with Gasteiger partial charge in [0.15, 0.2) is 0 Å². The number of nitrogens with zero attached hydrogens (tertiary/aromatic N) is 2. The third-order valence-electron chi connectivity index (χ3n) is 8.70. The number of hydrogen-bond acceptors (Lipinski definition) is 5. The van der Waals surface area contributed by atoms with Crippen molar-refractivity contribution in [2.24, 2.45) is 0 Å². The summed E-state index contributed by atoms with van der Waals surface area (Å²) in [6, 6.07) is 44.8. The van der Waals surface area contributed by atoms with E-state index in [9.17, 15) is 0 Å². The Balaban J connectivity index is 1.23. The molecule has 206 valence electrons. The molecule has 4 heterocycles. The third kappa shape index (κ3) is 3.41. The zero-order valence-corrected chi connectivity index (χ0v) is 24.1. The van der Waals surface area contributed by atoms with Gasteiger partial charge in [-0.1, -0.05) is 72.8 Å². The SMILES string of the molecule is c1ccc2c(c1)ccc1c3cc(N(c4ccc5c(c4)sc4ccccc45)c4ccc5oc6ccccc6c5c4)cnc3oc21. The van der Waals surface area contributed by atoms with Crippen molar-refractivity contribution in [1.82, 2.24) is 4.98 Å². The molecule has 10 rings (SSSR count). The molecular formula is C39H22N2O2S. The van der Waals surface area contributed by atoms with Gasteiger partial charge < -0.3 is 13.7 Å². The van der Waals surface area contributed by atoms with E-state index < -0.39 is 0 Å². The van der Waals surface area contributed by atoms with Gasteiger partial charge in [0.1, 0.15) is 16.7 Å². The van der Waals surface area contributed by atoms with Gasteiger partial charge in [-0.3, -0.25) is 0 Å². The molecule has 0 aliphatic rings. The number of thiophene rings is 1. The van der Waals surface area contributed by atoms with Crippen LogP contribution in [0, 0.1) is 0 Å². The lowest BCUT2D eigenvalue weighted by molar-refractivity contribution is 0.657. The third-order valence-corrected chi connectivity index (χ3v) is 9.84. The number of pyridine rings is 1. The minimum absolute atomic E-state index is 0.635. The van der Waals surface area contributed by atoms with E-state index in [1.165, 1.54) is 20.2 Å². The Morgan fingerprint density at radius 2 is 1.18 bits per heavy atom. The summed E-state index contributed by atoms with van der Waals surface area (Å²) in [7, 11) is 0. The fourth-order valence-electron chi connectivity index (χ4n) is 6.65. The first-order valence-electron chi connectivity index (χ1n) is 14.6. The molecule has 0 aliphatic carbocycles. The van der Waals surface area contributed by atoms with Crippen LogP contribution in [0.1, 0.15) is 0 Å². The fourth-order valence-corrected chi connectivity index (χ4v) is 7.79. The summed E-state index contributed by atoms with van der Waals surface area (Å²) in [6.07, 6.45) is 1.92. The maximum atomic E-state index is 6.36. The molecule has 0 fully saturated rings. The van der Waals surface area contributed by atoms with Crippen LogP contribution in [0.2, 0.25) is 0 Å². The zero-order valence-electron chi connectivity index (χ0n) is 23.3. The lowest BCUT2D eigenvalue weighted by atomic mass is 10.1. The van der Waals surface area contributed by atoms with Gasteiger partial charge in [0, 0.05) is 53.1 Å². The highest BCUT2D eigenvalue weighted by atomic mass is 32.1. The van der Waals surface area contributed by atoms with Crippen molar-refractivity contribution in [3.63, 3.8) is 0 Å². The van der Waals surface area contributed by atoms with Crippen molar-refractivity contribution in [2.75, 3.05) is 4.90 Å². The van der Waals surface area contributed by atoms with Crippen LogP contribution in [-0.4, -0.2) is 4.98 Å². The zero-order chi connectivity index (χ0) is 28.8. The predicted molar refractivity (Wildman–Crippen MR) is 184 cm³/mol. The van der Waals surface area contributed by atoms with Crippen LogP contribution >= 0.6 is 11.3 Å². The highest BCUT2D eigenvalue weighted by molar-refractivity contribution is 7.25. The molecular weight excluding hydrogens is 561 g/mol. The molecule has 6 aromatic carbocycles. The molecule has 0 saturated carbocycles.